The molecular weight excluding hydrogens is 428 g/mol. The lowest BCUT2D eigenvalue weighted by molar-refractivity contribution is 0.0950. The van der Waals surface area contributed by atoms with Crippen LogP contribution in [0.25, 0.3) is 5.69 Å². The molecular formula is C22H26N6O3S. The molecule has 0 radical (unpaired) electrons. The second-order valence-electron chi connectivity index (χ2n) is 7.56. The topological polar surface area (TPSA) is 100 Å². The third-order valence-corrected chi connectivity index (χ3v) is 7.24. The van der Waals surface area contributed by atoms with E-state index in [1.165, 1.54) is 4.31 Å². The van der Waals surface area contributed by atoms with E-state index in [2.05, 4.69) is 20.3 Å². The summed E-state index contributed by atoms with van der Waals surface area (Å²) in [5.74, 6) is 0.306. The van der Waals surface area contributed by atoms with Crippen LogP contribution in [0, 0.1) is 6.92 Å². The molecule has 3 aromatic rings. The van der Waals surface area contributed by atoms with Crippen LogP contribution in [0.2, 0.25) is 0 Å². The molecule has 2 aromatic heterocycles. The highest BCUT2D eigenvalue weighted by Gasteiger charge is 2.27. The third-order valence-electron chi connectivity index (χ3n) is 5.37. The van der Waals surface area contributed by atoms with E-state index in [9.17, 15) is 13.2 Å². The van der Waals surface area contributed by atoms with Gasteiger partial charge in [0.15, 0.2) is 5.69 Å². The summed E-state index contributed by atoms with van der Waals surface area (Å²) < 4.78 is 28.6. The Morgan fingerprint density at radius 2 is 1.75 bits per heavy atom. The lowest BCUT2D eigenvalue weighted by atomic mass is 10.3. The first-order chi connectivity index (χ1) is 15.4. The van der Waals surface area contributed by atoms with Gasteiger partial charge in [-0.05, 0) is 37.3 Å². The number of piperazine rings is 1. The molecule has 1 aliphatic rings. The number of amides is 1. The highest BCUT2D eigenvalue weighted by molar-refractivity contribution is 7.89. The van der Waals surface area contributed by atoms with Crippen molar-refractivity contribution in [2.24, 2.45) is 0 Å². The molecule has 0 aliphatic carbocycles. The Bertz CT molecular complexity index is 1160. The van der Waals surface area contributed by atoms with E-state index < -0.39 is 15.9 Å². The molecule has 9 nitrogen and oxygen atoms in total. The van der Waals surface area contributed by atoms with Gasteiger partial charge in [-0.3, -0.25) is 4.79 Å². The van der Waals surface area contributed by atoms with Crippen molar-refractivity contribution in [3.63, 3.8) is 0 Å². The normalized spacial score (nSPS) is 15.0. The fourth-order valence-electron chi connectivity index (χ4n) is 3.67. The Labute approximate surface area is 187 Å². The highest BCUT2D eigenvalue weighted by Crippen LogP contribution is 2.15. The molecule has 1 aliphatic heterocycles. The van der Waals surface area contributed by atoms with Gasteiger partial charge in [-0.15, -0.1) is 0 Å². The molecule has 1 amide bonds. The molecule has 1 aromatic carbocycles. The average molecular weight is 455 g/mol. The second-order valence-corrected chi connectivity index (χ2v) is 9.65. The van der Waals surface area contributed by atoms with Gasteiger partial charge < -0.3 is 10.2 Å². The summed E-state index contributed by atoms with van der Waals surface area (Å²) in [6.07, 6.45) is 1.73. The first-order valence-corrected chi connectivity index (χ1v) is 12.1. The zero-order valence-electron chi connectivity index (χ0n) is 17.9. The van der Waals surface area contributed by atoms with E-state index >= 15 is 0 Å². The van der Waals surface area contributed by atoms with E-state index in [1.807, 2.05) is 55.5 Å². The zero-order chi connectivity index (χ0) is 22.6. The number of aromatic nitrogens is 3. The average Bonchev–Trinajstić information content (AvgIpc) is 3.22. The largest absolute Gasteiger partial charge is 0.354 e. The molecule has 168 valence electrons. The van der Waals surface area contributed by atoms with Crippen LogP contribution < -0.4 is 10.2 Å². The molecule has 10 heteroatoms. The summed E-state index contributed by atoms with van der Waals surface area (Å²) in [4.78, 5) is 18.9. The molecule has 0 unspecified atom stereocenters. The molecule has 1 saturated heterocycles. The number of carbonyl (C=O) groups excluding carboxylic acids is 1. The monoisotopic (exact) mass is 454 g/mol. The van der Waals surface area contributed by atoms with Crippen molar-refractivity contribution in [3.05, 3.63) is 72.2 Å². The maximum atomic E-state index is 12.7. The molecule has 1 fully saturated rings. The standard InChI is InChI=1S/C22H26N6O3S/c1-18-17-20(25-28(18)19-7-3-2-4-8-19)22(29)24-11-16-32(30,31)27-14-12-26(13-15-27)21-9-5-6-10-23-21/h2-10,17H,11-16H2,1H3,(H,24,29). The Balaban J connectivity index is 1.29. The molecule has 0 atom stereocenters. The molecule has 1 N–H and O–H groups in total. The number of sulfonamides is 1. The minimum absolute atomic E-state index is 0.0267. The van der Waals surface area contributed by atoms with Gasteiger partial charge in [0.25, 0.3) is 5.91 Å². The van der Waals surface area contributed by atoms with Gasteiger partial charge in [0.1, 0.15) is 5.82 Å². The van der Waals surface area contributed by atoms with E-state index in [0.717, 1.165) is 17.2 Å². The second kappa shape index (κ2) is 9.49. The summed E-state index contributed by atoms with van der Waals surface area (Å²) in [6, 6.07) is 16.9. The summed E-state index contributed by atoms with van der Waals surface area (Å²) in [5.41, 5.74) is 1.93. The van der Waals surface area contributed by atoms with Crippen molar-refractivity contribution in [3.8, 4) is 5.69 Å². The fourth-order valence-corrected chi connectivity index (χ4v) is 5.00. The number of nitrogens with one attached hydrogen (secondary N) is 1. The van der Waals surface area contributed by atoms with Crippen LogP contribution >= 0.6 is 0 Å². The van der Waals surface area contributed by atoms with Gasteiger partial charge >= 0.3 is 0 Å². The highest BCUT2D eigenvalue weighted by atomic mass is 32.2. The van der Waals surface area contributed by atoms with Crippen molar-refractivity contribution in [1.82, 2.24) is 24.4 Å². The van der Waals surface area contributed by atoms with E-state index in [4.69, 9.17) is 0 Å². The molecule has 3 heterocycles. The lowest BCUT2D eigenvalue weighted by Crippen LogP contribution is -2.50. The molecule has 4 rings (SSSR count). The van der Waals surface area contributed by atoms with Gasteiger partial charge in [-0.25, -0.2) is 18.1 Å². The van der Waals surface area contributed by atoms with E-state index in [-0.39, 0.29) is 18.0 Å². The van der Waals surface area contributed by atoms with Crippen molar-refractivity contribution < 1.29 is 13.2 Å². The predicted octanol–water partition coefficient (Wildman–Crippen LogP) is 1.46. The summed E-state index contributed by atoms with van der Waals surface area (Å²) in [5, 5.41) is 7.04. The van der Waals surface area contributed by atoms with Crippen molar-refractivity contribution in [2.75, 3.05) is 43.4 Å². The minimum atomic E-state index is -3.47. The van der Waals surface area contributed by atoms with Crippen LogP contribution in [0.5, 0.6) is 0 Å². The van der Waals surface area contributed by atoms with Crippen molar-refractivity contribution in [2.45, 2.75) is 6.92 Å². The fraction of sp³-hybridized carbons (Fsp3) is 0.318. The van der Waals surface area contributed by atoms with Gasteiger partial charge in [-0.2, -0.15) is 9.40 Å². The van der Waals surface area contributed by atoms with Crippen LogP contribution in [-0.4, -0.2) is 71.9 Å². The molecule has 0 bridgehead atoms. The molecule has 0 spiro atoms. The van der Waals surface area contributed by atoms with Crippen molar-refractivity contribution in [1.29, 1.82) is 0 Å². The SMILES string of the molecule is Cc1cc(C(=O)NCCS(=O)(=O)N2CCN(c3ccccn3)CC2)nn1-c1ccccc1. The number of para-hydroxylation sites is 1. The number of aryl methyl sites for hydroxylation is 1. The zero-order valence-corrected chi connectivity index (χ0v) is 18.7. The summed E-state index contributed by atoms with van der Waals surface area (Å²) in [7, 11) is -3.47. The number of anilines is 1. The maximum absolute atomic E-state index is 12.7. The number of hydrogen-bond donors (Lipinski definition) is 1. The van der Waals surface area contributed by atoms with Gasteiger partial charge in [0.05, 0.1) is 11.4 Å². The summed E-state index contributed by atoms with van der Waals surface area (Å²) in [6.45, 7) is 3.85. The number of nitrogens with zero attached hydrogens (tertiary/aromatic N) is 5. The molecule has 0 saturated carbocycles. The first kappa shape index (κ1) is 22.0. The van der Waals surface area contributed by atoms with Crippen LogP contribution in [0.15, 0.2) is 60.8 Å². The van der Waals surface area contributed by atoms with E-state index in [1.54, 1.807) is 16.9 Å². The van der Waals surface area contributed by atoms with Crippen LogP contribution in [-0.2, 0) is 10.0 Å². The number of benzene rings is 1. The Morgan fingerprint density at radius 1 is 1.03 bits per heavy atom. The number of rotatable bonds is 7. The third kappa shape index (κ3) is 4.97. The van der Waals surface area contributed by atoms with Gasteiger partial charge in [0, 0.05) is 44.6 Å². The van der Waals surface area contributed by atoms with Crippen LogP contribution in [0.1, 0.15) is 16.2 Å². The Morgan fingerprint density at radius 3 is 2.44 bits per heavy atom. The number of pyridine rings is 1. The Hall–Kier alpha value is -3.24. The molecule has 32 heavy (non-hydrogen) atoms. The minimum Gasteiger partial charge on any atom is -0.354 e. The van der Waals surface area contributed by atoms with Gasteiger partial charge in [-0.1, -0.05) is 24.3 Å². The smallest absolute Gasteiger partial charge is 0.271 e. The number of hydrogen-bond acceptors (Lipinski definition) is 6. The Kier molecular flexibility index (Phi) is 6.52. The summed E-state index contributed by atoms with van der Waals surface area (Å²) >= 11 is 0. The number of carbonyl (C=O) groups is 1. The lowest BCUT2D eigenvalue weighted by Gasteiger charge is -2.34. The van der Waals surface area contributed by atoms with Gasteiger partial charge in [0.2, 0.25) is 10.0 Å². The van der Waals surface area contributed by atoms with Crippen molar-refractivity contribution >= 4 is 21.7 Å². The predicted molar refractivity (Wildman–Crippen MR) is 122 cm³/mol. The first-order valence-electron chi connectivity index (χ1n) is 10.5. The van der Waals surface area contributed by atoms with Crippen LogP contribution in [0.4, 0.5) is 5.82 Å². The maximum Gasteiger partial charge on any atom is 0.271 e. The van der Waals surface area contributed by atoms with Crippen LogP contribution in [0.3, 0.4) is 0 Å². The van der Waals surface area contributed by atoms with E-state index in [0.29, 0.717) is 26.2 Å². The quantitative estimate of drug-likeness (QED) is 0.580.